The summed E-state index contributed by atoms with van der Waals surface area (Å²) in [6, 6.07) is 7.02. The number of hydrogen-bond acceptors (Lipinski definition) is 3. The molecule has 140 valence electrons. The van der Waals surface area contributed by atoms with E-state index in [2.05, 4.69) is 12.2 Å². The Hall–Kier alpha value is -1.11. The molecule has 1 atom stereocenters. The molecule has 1 aromatic carbocycles. The molecule has 1 fully saturated rings. The number of nitrogens with one attached hydrogen (secondary N) is 1. The second-order valence-electron chi connectivity index (χ2n) is 6.75. The van der Waals surface area contributed by atoms with Gasteiger partial charge in [-0.05, 0) is 43.9 Å². The van der Waals surface area contributed by atoms with E-state index >= 15 is 0 Å². The molecule has 1 aromatic rings. The lowest BCUT2D eigenvalue weighted by molar-refractivity contribution is -0.126. The second-order valence-corrected chi connectivity index (χ2v) is 9.16. The fraction of sp³-hybridized carbons (Fsp3) is 0.611. The molecular weight excluding hydrogens is 360 g/mol. The molecule has 1 heterocycles. The minimum atomic E-state index is -3.37. The van der Waals surface area contributed by atoms with Gasteiger partial charge in [-0.15, -0.1) is 0 Å². The van der Waals surface area contributed by atoms with Gasteiger partial charge in [-0.3, -0.25) is 4.79 Å². The topological polar surface area (TPSA) is 66.5 Å². The highest BCUT2D eigenvalue weighted by molar-refractivity contribution is 7.88. The molecule has 1 amide bonds. The highest BCUT2D eigenvalue weighted by Gasteiger charge is 2.31. The van der Waals surface area contributed by atoms with Crippen LogP contribution in [0, 0.1) is 5.92 Å². The number of sulfonamides is 1. The summed E-state index contributed by atoms with van der Waals surface area (Å²) in [6.07, 6.45) is 3.14. The van der Waals surface area contributed by atoms with Gasteiger partial charge < -0.3 is 5.32 Å². The van der Waals surface area contributed by atoms with Crippen LogP contribution in [0.15, 0.2) is 24.3 Å². The van der Waals surface area contributed by atoms with Gasteiger partial charge in [-0.25, -0.2) is 12.7 Å². The average Bonchev–Trinajstić information content (AvgIpc) is 2.57. The van der Waals surface area contributed by atoms with E-state index in [1.54, 1.807) is 24.3 Å². The van der Waals surface area contributed by atoms with E-state index in [-0.39, 0.29) is 23.6 Å². The van der Waals surface area contributed by atoms with Gasteiger partial charge in [0.05, 0.1) is 5.75 Å². The Morgan fingerprint density at radius 3 is 2.44 bits per heavy atom. The normalized spacial score (nSPS) is 18.0. The maximum absolute atomic E-state index is 12.6. The van der Waals surface area contributed by atoms with Crippen LogP contribution in [-0.2, 0) is 20.6 Å². The first-order chi connectivity index (χ1) is 11.8. The smallest absolute Gasteiger partial charge is 0.223 e. The molecule has 0 saturated carbocycles. The third-order valence-electron chi connectivity index (χ3n) is 4.59. The predicted octanol–water partition coefficient (Wildman–Crippen LogP) is 3.19. The summed E-state index contributed by atoms with van der Waals surface area (Å²) in [6.45, 7) is 4.89. The Balaban J connectivity index is 1.88. The van der Waals surface area contributed by atoms with Crippen molar-refractivity contribution in [3.63, 3.8) is 0 Å². The number of halogens is 1. The monoisotopic (exact) mass is 386 g/mol. The minimum absolute atomic E-state index is 0.0332. The summed E-state index contributed by atoms with van der Waals surface area (Å²) < 4.78 is 26.6. The number of carbonyl (C=O) groups is 1. The van der Waals surface area contributed by atoms with Crippen molar-refractivity contribution in [3.8, 4) is 0 Å². The Morgan fingerprint density at radius 2 is 1.88 bits per heavy atom. The number of hydrogen-bond donors (Lipinski definition) is 1. The number of piperidine rings is 1. The first-order valence-electron chi connectivity index (χ1n) is 8.84. The molecule has 1 aliphatic heterocycles. The van der Waals surface area contributed by atoms with Crippen LogP contribution in [0.3, 0.4) is 0 Å². The fourth-order valence-corrected chi connectivity index (χ4v) is 4.83. The zero-order chi connectivity index (χ0) is 18.4. The molecule has 1 N–H and O–H groups in total. The first kappa shape index (κ1) is 20.2. The second kappa shape index (κ2) is 9.01. The minimum Gasteiger partial charge on any atom is -0.353 e. The zero-order valence-corrected chi connectivity index (χ0v) is 16.4. The van der Waals surface area contributed by atoms with Gasteiger partial charge in [0.15, 0.2) is 0 Å². The first-order valence-corrected chi connectivity index (χ1v) is 10.8. The SMILES string of the molecule is CCC[C@H](C)NC(=O)C1CCN(S(=O)(=O)Cc2ccc(Cl)cc2)CC1. The average molecular weight is 387 g/mol. The molecular formula is C18H27ClN2O3S. The molecule has 25 heavy (non-hydrogen) atoms. The Kier molecular flexibility index (Phi) is 7.28. The van der Waals surface area contributed by atoms with Crippen LogP contribution in [0.4, 0.5) is 0 Å². The number of rotatable bonds is 7. The van der Waals surface area contributed by atoms with Crippen molar-refractivity contribution in [1.29, 1.82) is 0 Å². The van der Waals surface area contributed by atoms with Gasteiger partial charge in [0.2, 0.25) is 15.9 Å². The van der Waals surface area contributed by atoms with Crippen molar-refractivity contribution in [2.24, 2.45) is 5.92 Å². The molecule has 1 aliphatic rings. The standard InChI is InChI=1S/C18H27ClN2O3S/c1-3-4-14(2)20-18(22)16-9-11-21(12-10-16)25(23,24)13-15-5-7-17(19)8-6-15/h5-8,14,16H,3-4,9-13H2,1-2H3,(H,20,22)/t14-/m0/s1. The van der Waals surface area contributed by atoms with Crippen molar-refractivity contribution in [3.05, 3.63) is 34.9 Å². The van der Waals surface area contributed by atoms with Crippen molar-refractivity contribution in [2.75, 3.05) is 13.1 Å². The maximum Gasteiger partial charge on any atom is 0.223 e. The van der Waals surface area contributed by atoms with Crippen LogP contribution in [0.1, 0.15) is 45.1 Å². The number of carbonyl (C=O) groups excluding carboxylic acids is 1. The molecule has 2 rings (SSSR count). The van der Waals surface area contributed by atoms with Gasteiger partial charge in [0, 0.05) is 30.1 Å². The van der Waals surface area contributed by atoms with Gasteiger partial charge in [-0.2, -0.15) is 0 Å². The van der Waals surface area contributed by atoms with Crippen LogP contribution in [0.2, 0.25) is 5.02 Å². The summed E-state index contributed by atoms with van der Waals surface area (Å²) in [5.41, 5.74) is 0.720. The molecule has 0 unspecified atom stereocenters. The molecule has 1 saturated heterocycles. The fourth-order valence-electron chi connectivity index (χ4n) is 3.14. The molecule has 0 aliphatic carbocycles. The van der Waals surface area contributed by atoms with Crippen LogP contribution >= 0.6 is 11.6 Å². The zero-order valence-electron chi connectivity index (χ0n) is 14.9. The lowest BCUT2D eigenvalue weighted by Crippen LogP contribution is -2.45. The molecule has 0 spiro atoms. The maximum atomic E-state index is 12.6. The third-order valence-corrected chi connectivity index (χ3v) is 6.69. The highest BCUT2D eigenvalue weighted by atomic mass is 35.5. The van der Waals surface area contributed by atoms with Crippen LogP contribution in [0.25, 0.3) is 0 Å². The van der Waals surface area contributed by atoms with Gasteiger partial charge in [0.25, 0.3) is 0 Å². The predicted molar refractivity (Wildman–Crippen MR) is 101 cm³/mol. The van der Waals surface area contributed by atoms with Crippen molar-refractivity contribution in [2.45, 2.75) is 51.3 Å². The molecule has 0 radical (unpaired) electrons. The number of benzene rings is 1. The van der Waals surface area contributed by atoms with Crippen molar-refractivity contribution < 1.29 is 13.2 Å². The molecule has 0 aromatic heterocycles. The van der Waals surface area contributed by atoms with Gasteiger partial charge in [0.1, 0.15) is 0 Å². The summed E-state index contributed by atoms with van der Waals surface area (Å²) in [5.74, 6) is -0.0776. The molecule has 5 nitrogen and oxygen atoms in total. The van der Waals surface area contributed by atoms with Crippen molar-refractivity contribution in [1.82, 2.24) is 9.62 Å². The lowest BCUT2D eigenvalue weighted by Gasteiger charge is -2.31. The Labute approximate surface area is 155 Å². The largest absolute Gasteiger partial charge is 0.353 e. The van der Waals surface area contributed by atoms with E-state index < -0.39 is 10.0 Å². The van der Waals surface area contributed by atoms with Crippen LogP contribution in [0.5, 0.6) is 0 Å². The van der Waals surface area contributed by atoms with Gasteiger partial charge in [-0.1, -0.05) is 37.1 Å². The number of nitrogens with zero attached hydrogens (tertiary/aromatic N) is 1. The lowest BCUT2D eigenvalue weighted by atomic mass is 9.96. The van der Waals surface area contributed by atoms with E-state index in [9.17, 15) is 13.2 Å². The summed E-state index contributed by atoms with van der Waals surface area (Å²) in [4.78, 5) is 12.3. The highest BCUT2D eigenvalue weighted by Crippen LogP contribution is 2.22. The summed E-state index contributed by atoms with van der Waals surface area (Å²) >= 11 is 5.84. The third kappa shape index (κ3) is 5.97. The van der Waals surface area contributed by atoms with E-state index in [0.29, 0.717) is 31.0 Å². The quantitative estimate of drug-likeness (QED) is 0.782. The number of amides is 1. The van der Waals surface area contributed by atoms with E-state index in [4.69, 9.17) is 11.6 Å². The van der Waals surface area contributed by atoms with E-state index in [1.807, 2.05) is 6.92 Å². The summed E-state index contributed by atoms with van der Waals surface area (Å²) in [5, 5.41) is 3.62. The van der Waals surface area contributed by atoms with Crippen LogP contribution in [-0.4, -0.2) is 37.8 Å². The van der Waals surface area contributed by atoms with Crippen LogP contribution < -0.4 is 5.32 Å². The van der Waals surface area contributed by atoms with E-state index in [1.165, 1.54) is 4.31 Å². The molecule has 0 bridgehead atoms. The Bertz CT molecular complexity index is 668. The van der Waals surface area contributed by atoms with Crippen molar-refractivity contribution >= 4 is 27.5 Å². The Morgan fingerprint density at radius 1 is 1.28 bits per heavy atom. The summed E-state index contributed by atoms with van der Waals surface area (Å²) in [7, 11) is -3.37. The van der Waals surface area contributed by atoms with Gasteiger partial charge >= 0.3 is 0 Å². The molecule has 7 heteroatoms. The van der Waals surface area contributed by atoms with E-state index in [0.717, 1.165) is 18.4 Å².